The highest BCUT2D eigenvalue weighted by Crippen LogP contribution is 2.26. The molecule has 0 spiro atoms. The Hall–Kier alpha value is -1.39. The molecule has 2 rings (SSSR count). The predicted molar refractivity (Wildman–Crippen MR) is 95.0 cm³/mol. The Labute approximate surface area is 140 Å². The van der Waals surface area contributed by atoms with Crippen molar-refractivity contribution in [2.45, 2.75) is 77.2 Å². The van der Waals surface area contributed by atoms with Gasteiger partial charge in [-0.25, -0.2) is 0 Å². The summed E-state index contributed by atoms with van der Waals surface area (Å²) in [6, 6.07) is 11.7. The van der Waals surface area contributed by atoms with Gasteiger partial charge in [0.15, 0.2) is 0 Å². The molecule has 1 atom stereocenters. The average molecular weight is 317 g/mol. The van der Waals surface area contributed by atoms with E-state index in [1.54, 1.807) is 6.92 Å². The highest BCUT2D eigenvalue weighted by atomic mass is 16.2. The zero-order valence-corrected chi connectivity index (χ0v) is 14.7. The molecule has 0 aliphatic heterocycles. The molecule has 1 aliphatic carbocycles. The van der Waals surface area contributed by atoms with Gasteiger partial charge in [-0.3, -0.25) is 9.69 Å². The zero-order valence-electron chi connectivity index (χ0n) is 14.7. The molecule has 23 heavy (non-hydrogen) atoms. The third kappa shape index (κ3) is 5.33. The lowest BCUT2D eigenvalue weighted by Crippen LogP contribution is -2.48. The molecule has 128 valence electrons. The Bertz CT molecular complexity index is 479. The van der Waals surface area contributed by atoms with E-state index in [-0.39, 0.29) is 11.9 Å². The number of carbonyl (C=O) groups is 1. The fourth-order valence-electron chi connectivity index (χ4n) is 3.41. The van der Waals surface area contributed by atoms with Gasteiger partial charge in [-0.05, 0) is 52.0 Å². The summed E-state index contributed by atoms with van der Waals surface area (Å²) in [4.78, 5) is 14.3. The van der Waals surface area contributed by atoms with Crippen molar-refractivity contribution >= 4 is 5.91 Å². The third-order valence-corrected chi connectivity index (χ3v) is 4.80. The summed E-state index contributed by atoms with van der Waals surface area (Å²) in [7, 11) is 0. The first kappa shape index (κ1) is 18.0. The van der Waals surface area contributed by atoms with E-state index in [9.17, 15) is 4.79 Å². The molecule has 1 aromatic rings. The number of hydrogen-bond donors (Lipinski definition) is 2. The van der Waals surface area contributed by atoms with E-state index in [1.165, 1.54) is 5.56 Å². The molecular weight excluding hydrogens is 286 g/mol. The van der Waals surface area contributed by atoms with Crippen molar-refractivity contribution in [2.24, 2.45) is 5.73 Å². The quantitative estimate of drug-likeness (QED) is 0.848. The van der Waals surface area contributed by atoms with E-state index < -0.39 is 6.04 Å². The standard InChI is InChI=1S/C19H31N3O/c1-14(2)22(13-16-7-5-4-6-8-16)18-11-9-17(10-12-18)21-19(23)15(3)20/h4-8,14-15,17-18H,9-13,20H2,1-3H3,(H,21,23). The summed E-state index contributed by atoms with van der Waals surface area (Å²) in [5.41, 5.74) is 7.00. The Morgan fingerprint density at radius 1 is 1.17 bits per heavy atom. The number of nitrogens with one attached hydrogen (secondary N) is 1. The van der Waals surface area contributed by atoms with E-state index >= 15 is 0 Å². The van der Waals surface area contributed by atoms with Gasteiger partial charge >= 0.3 is 0 Å². The lowest BCUT2D eigenvalue weighted by molar-refractivity contribution is -0.123. The lowest BCUT2D eigenvalue weighted by Gasteiger charge is -2.39. The van der Waals surface area contributed by atoms with E-state index in [4.69, 9.17) is 5.73 Å². The predicted octanol–water partition coefficient (Wildman–Crippen LogP) is 2.67. The molecule has 1 saturated carbocycles. The van der Waals surface area contributed by atoms with Gasteiger partial charge < -0.3 is 11.1 Å². The number of nitrogens with zero attached hydrogens (tertiary/aromatic N) is 1. The van der Waals surface area contributed by atoms with Crippen LogP contribution in [0.4, 0.5) is 0 Å². The topological polar surface area (TPSA) is 58.4 Å². The number of carbonyl (C=O) groups excluding carboxylic acids is 1. The minimum Gasteiger partial charge on any atom is -0.352 e. The van der Waals surface area contributed by atoms with E-state index in [0.29, 0.717) is 12.1 Å². The van der Waals surface area contributed by atoms with Crippen LogP contribution in [0.5, 0.6) is 0 Å². The molecule has 1 aromatic carbocycles. The fraction of sp³-hybridized carbons (Fsp3) is 0.632. The Kier molecular flexibility index (Phi) is 6.60. The summed E-state index contributed by atoms with van der Waals surface area (Å²) >= 11 is 0. The van der Waals surface area contributed by atoms with Crippen molar-refractivity contribution in [3.63, 3.8) is 0 Å². The lowest BCUT2D eigenvalue weighted by atomic mass is 9.89. The molecule has 1 aliphatic rings. The largest absolute Gasteiger partial charge is 0.352 e. The van der Waals surface area contributed by atoms with Gasteiger partial charge in [0.2, 0.25) is 5.91 Å². The third-order valence-electron chi connectivity index (χ3n) is 4.80. The number of benzene rings is 1. The van der Waals surface area contributed by atoms with Crippen LogP contribution in [0.1, 0.15) is 52.0 Å². The molecule has 0 heterocycles. The number of nitrogens with two attached hydrogens (primary N) is 1. The highest BCUT2D eigenvalue weighted by Gasteiger charge is 2.28. The van der Waals surface area contributed by atoms with Crippen molar-refractivity contribution < 1.29 is 4.79 Å². The van der Waals surface area contributed by atoms with Crippen LogP contribution in [0.25, 0.3) is 0 Å². The van der Waals surface area contributed by atoms with Crippen LogP contribution in [0.3, 0.4) is 0 Å². The van der Waals surface area contributed by atoms with Crippen LogP contribution in [0.2, 0.25) is 0 Å². The van der Waals surface area contributed by atoms with Crippen LogP contribution < -0.4 is 11.1 Å². The fourth-order valence-corrected chi connectivity index (χ4v) is 3.41. The molecule has 0 radical (unpaired) electrons. The van der Waals surface area contributed by atoms with Crippen LogP contribution in [0.15, 0.2) is 30.3 Å². The summed E-state index contributed by atoms with van der Waals surface area (Å²) in [6.07, 6.45) is 4.35. The minimum atomic E-state index is -0.419. The number of hydrogen-bond acceptors (Lipinski definition) is 3. The summed E-state index contributed by atoms with van der Waals surface area (Å²) in [5, 5.41) is 3.07. The monoisotopic (exact) mass is 317 g/mol. The molecule has 4 heteroatoms. The molecule has 4 nitrogen and oxygen atoms in total. The maximum absolute atomic E-state index is 11.7. The number of amides is 1. The van der Waals surface area contributed by atoms with Crippen molar-refractivity contribution in [2.75, 3.05) is 0 Å². The van der Waals surface area contributed by atoms with Gasteiger partial charge in [0.25, 0.3) is 0 Å². The summed E-state index contributed by atoms with van der Waals surface area (Å²) in [5.74, 6) is -0.0292. The Morgan fingerprint density at radius 2 is 1.78 bits per heavy atom. The zero-order chi connectivity index (χ0) is 16.8. The first-order chi connectivity index (χ1) is 11.0. The molecule has 1 unspecified atom stereocenters. The van der Waals surface area contributed by atoms with Crippen LogP contribution in [-0.4, -0.2) is 35.0 Å². The highest BCUT2D eigenvalue weighted by molar-refractivity contribution is 5.81. The normalized spacial score (nSPS) is 23.0. The van der Waals surface area contributed by atoms with Crippen molar-refractivity contribution in [1.29, 1.82) is 0 Å². The van der Waals surface area contributed by atoms with Gasteiger partial charge in [0.1, 0.15) is 0 Å². The van der Waals surface area contributed by atoms with Gasteiger partial charge in [-0.15, -0.1) is 0 Å². The van der Waals surface area contributed by atoms with Crippen molar-refractivity contribution in [1.82, 2.24) is 10.2 Å². The SMILES string of the molecule is CC(N)C(=O)NC1CCC(N(Cc2ccccc2)C(C)C)CC1. The average Bonchev–Trinajstić information content (AvgIpc) is 2.54. The summed E-state index contributed by atoms with van der Waals surface area (Å²) in [6.45, 7) is 7.28. The van der Waals surface area contributed by atoms with Gasteiger partial charge in [0, 0.05) is 24.7 Å². The van der Waals surface area contributed by atoms with Gasteiger partial charge in [-0.1, -0.05) is 30.3 Å². The van der Waals surface area contributed by atoms with Crippen molar-refractivity contribution in [3.8, 4) is 0 Å². The van der Waals surface area contributed by atoms with Crippen LogP contribution in [-0.2, 0) is 11.3 Å². The first-order valence-corrected chi connectivity index (χ1v) is 8.83. The van der Waals surface area contributed by atoms with Gasteiger partial charge in [-0.2, -0.15) is 0 Å². The second kappa shape index (κ2) is 8.46. The second-order valence-corrected chi connectivity index (χ2v) is 7.05. The molecular formula is C19H31N3O. The Balaban J connectivity index is 1.89. The van der Waals surface area contributed by atoms with Gasteiger partial charge in [0.05, 0.1) is 6.04 Å². The van der Waals surface area contributed by atoms with Crippen molar-refractivity contribution in [3.05, 3.63) is 35.9 Å². The minimum absolute atomic E-state index is 0.0292. The molecule has 3 N–H and O–H groups in total. The number of rotatable bonds is 6. The van der Waals surface area contributed by atoms with E-state index in [1.807, 2.05) is 0 Å². The summed E-state index contributed by atoms with van der Waals surface area (Å²) < 4.78 is 0. The van der Waals surface area contributed by atoms with E-state index in [0.717, 1.165) is 32.2 Å². The van der Waals surface area contributed by atoms with Crippen LogP contribution in [0, 0.1) is 0 Å². The molecule has 0 bridgehead atoms. The second-order valence-electron chi connectivity index (χ2n) is 7.05. The first-order valence-electron chi connectivity index (χ1n) is 8.83. The van der Waals surface area contributed by atoms with E-state index in [2.05, 4.69) is 54.4 Å². The Morgan fingerprint density at radius 3 is 2.30 bits per heavy atom. The smallest absolute Gasteiger partial charge is 0.236 e. The molecule has 1 amide bonds. The molecule has 0 aromatic heterocycles. The van der Waals surface area contributed by atoms with Crippen LogP contribution >= 0.6 is 0 Å². The maximum atomic E-state index is 11.7. The maximum Gasteiger partial charge on any atom is 0.236 e. The molecule has 0 saturated heterocycles. The molecule has 1 fully saturated rings.